The van der Waals surface area contributed by atoms with Crippen LogP contribution in [0.5, 0.6) is 0 Å². The van der Waals surface area contributed by atoms with Crippen LogP contribution in [0.15, 0.2) is 29.3 Å². The van der Waals surface area contributed by atoms with Crippen molar-refractivity contribution in [2.75, 3.05) is 25.6 Å². The van der Waals surface area contributed by atoms with E-state index in [0.717, 1.165) is 35.8 Å². The molecule has 1 atom stereocenters. The van der Waals surface area contributed by atoms with Gasteiger partial charge in [0.25, 0.3) is 0 Å². The number of methoxy groups -OCH3 is 1. The predicted molar refractivity (Wildman–Crippen MR) is 124 cm³/mol. The van der Waals surface area contributed by atoms with Gasteiger partial charge < -0.3 is 20.5 Å². The first-order valence-corrected chi connectivity index (χ1v) is 11.8. The van der Waals surface area contributed by atoms with Crippen molar-refractivity contribution < 1.29 is 14.6 Å². The first-order valence-electron chi connectivity index (χ1n) is 11.8. The standard InChI is InChI=1S/C25H37N3O3/c1-17(13-25-14-18-10-19(15-25)12-20(11-18)16-25)27-24(26-8-3-9-31-2)28-22-6-4-21(5-7-22)23(29)30/h4-7,17-20H,3,8-16H2,1-2H3,(H,29,30)(H2,26,27,28)/t17-,18?,19?,20?,25?/m0/s1. The molecule has 170 valence electrons. The molecular weight excluding hydrogens is 390 g/mol. The minimum absolute atomic E-state index is 0.285. The van der Waals surface area contributed by atoms with Gasteiger partial charge in [0, 0.05) is 32.0 Å². The molecule has 5 rings (SSSR count). The Morgan fingerprint density at radius 2 is 1.77 bits per heavy atom. The number of aliphatic imine (C=N–C) groups is 1. The lowest BCUT2D eigenvalue weighted by Gasteiger charge is -2.57. The van der Waals surface area contributed by atoms with Gasteiger partial charge in [-0.15, -0.1) is 0 Å². The van der Waals surface area contributed by atoms with Crippen LogP contribution in [0.3, 0.4) is 0 Å². The van der Waals surface area contributed by atoms with E-state index >= 15 is 0 Å². The number of anilines is 1. The van der Waals surface area contributed by atoms with Crippen LogP contribution in [-0.2, 0) is 4.74 Å². The van der Waals surface area contributed by atoms with E-state index in [9.17, 15) is 4.79 Å². The van der Waals surface area contributed by atoms with E-state index < -0.39 is 5.97 Å². The van der Waals surface area contributed by atoms with E-state index in [2.05, 4.69) is 17.6 Å². The van der Waals surface area contributed by atoms with Crippen LogP contribution >= 0.6 is 0 Å². The van der Waals surface area contributed by atoms with Crippen molar-refractivity contribution in [1.29, 1.82) is 0 Å². The Kier molecular flexibility index (Phi) is 6.85. The molecule has 1 aromatic rings. The highest BCUT2D eigenvalue weighted by Gasteiger charge is 2.50. The Morgan fingerprint density at radius 1 is 1.16 bits per heavy atom. The van der Waals surface area contributed by atoms with Crippen LogP contribution in [0, 0.1) is 23.2 Å². The molecule has 0 aliphatic heterocycles. The van der Waals surface area contributed by atoms with Gasteiger partial charge in [-0.2, -0.15) is 0 Å². The molecule has 4 aliphatic rings. The van der Waals surface area contributed by atoms with E-state index in [1.807, 2.05) is 0 Å². The van der Waals surface area contributed by atoms with Gasteiger partial charge in [0.1, 0.15) is 0 Å². The Morgan fingerprint density at radius 3 is 2.32 bits per heavy atom. The molecule has 4 aliphatic carbocycles. The summed E-state index contributed by atoms with van der Waals surface area (Å²) in [5.41, 5.74) is 1.64. The van der Waals surface area contributed by atoms with Crippen LogP contribution < -0.4 is 10.6 Å². The summed E-state index contributed by atoms with van der Waals surface area (Å²) < 4.78 is 5.15. The van der Waals surface area contributed by atoms with Gasteiger partial charge in [0.2, 0.25) is 0 Å². The van der Waals surface area contributed by atoms with E-state index in [4.69, 9.17) is 14.8 Å². The van der Waals surface area contributed by atoms with Crippen molar-refractivity contribution >= 4 is 17.6 Å². The number of carbonyl (C=O) groups is 1. The van der Waals surface area contributed by atoms with Crippen molar-refractivity contribution in [1.82, 2.24) is 5.32 Å². The van der Waals surface area contributed by atoms with Crippen LogP contribution in [0.2, 0.25) is 0 Å². The third kappa shape index (κ3) is 5.59. The maximum atomic E-state index is 11.1. The molecule has 31 heavy (non-hydrogen) atoms. The molecule has 4 bridgehead atoms. The lowest BCUT2D eigenvalue weighted by molar-refractivity contribution is -0.0603. The van der Waals surface area contributed by atoms with Crippen LogP contribution in [-0.4, -0.2) is 43.3 Å². The van der Waals surface area contributed by atoms with Crippen molar-refractivity contribution in [3.63, 3.8) is 0 Å². The topological polar surface area (TPSA) is 83.0 Å². The Bertz CT molecular complexity index is 754. The average Bonchev–Trinajstić information content (AvgIpc) is 2.70. The summed E-state index contributed by atoms with van der Waals surface area (Å²) in [5.74, 6) is 2.74. The number of nitrogens with zero attached hydrogens (tertiary/aromatic N) is 1. The predicted octanol–water partition coefficient (Wildman–Crippen LogP) is 4.77. The highest BCUT2D eigenvalue weighted by molar-refractivity contribution is 5.94. The number of carboxylic acids is 1. The lowest BCUT2D eigenvalue weighted by atomic mass is 9.48. The summed E-state index contributed by atoms with van der Waals surface area (Å²) in [6.07, 6.45) is 10.7. The monoisotopic (exact) mass is 427 g/mol. The summed E-state index contributed by atoms with van der Waals surface area (Å²) in [5, 5.41) is 16.1. The quantitative estimate of drug-likeness (QED) is 0.300. The molecule has 6 nitrogen and oxygen atoms in total. The molecule has 0 saturated heterocycles. The van der Waals surface area contributed by atoms with Crippen LogP contribution in [0.4, 0.5) is 5.69 Å². The van der Waals surface area contributed by atoms with E-state index in [1.165, 1.54) is 44.9 Å². The Balaban J connectivity index is 1.39. The SMILES string of the molecule is COCCCN=C(Nc1ccc(C(=O)O)cc1)N[C@@H](C)CC12CC3CC(CC(C3)C1)C2. The number of aromatic carboxylic acids is 1. The van der Waals surface area contributed by atoms with Gasteiger partial charge >= 0.3 is 5.97 Å². The number of nitrogens with one attached hydrogen (secondary N) is 2. The van der Waals surface area contributed by atoms with Gasteiger partial charge in [0.15, 0.2) is 5.96 Å². The van der Waals surface area contributed by atoms with Crippen LogP contribution in [0.1, 0.15) is 68.6 Å². The molecule has 6 heteroatoms. The zero-order valence-corrected chi connectivity index (χ0v) is 18.9. The second kappa shape index (κ2) is 9.60. The summed E-state index contributed by atoms with van der Waals surface area (Å²) >= 11 is 0. The largest absolute Gasteiger partial charge is 0.478 e. The Labute approximate surface area is 185 Å². The molecule has 0 aromatic heterocycles. The van der Waals surface area contributed by atoms with Gasteiger partial charge in [-0.05, 0) is 106 Å². The minimum Gasteiger partial charge on any atom is -0.478 e. The van der Waals surface area contributed by atoms with Gasteiger partial charge in [-0.25, -0.2) is 4.79 Å². The van der Waals surface area contributed by atoms with Gasteiger partial charge in [-0.3, -0.25) is 4.99 Å². The molecule has 0 heterocycles. The van der Waals surface area contributed by atoms with Crippen LogP contribution in [0.25, 0.3) is 0 Å². The molecule has 0 amide bonds. The Hall–Kier alpha value is -2.08. The third-order valence-electron chi connectivity index (χ3n) is 7.46. The maximum absolute atomic E-state index is 11.1. The molecule has 4 saturated carbocycles. The third-order valence-corrected chi connectivity index (χ3v) is 7.46. The summed E-state index contributed by atoms with van der Waals surface area (Å²) in [7, 11) is 1.71. The fourth-order valence-electron chi connectivity index (χ4n) is 6.83. The number of hydrogen-bond acceptors (Lipinski definition) is 3. The molecular formula is C25H37N3O3. The number of carboxylic acid groups (broad SMARTS) is 1. The van der Waals surface area contributed by atoms with Crippen molar-refractivity contribution in [3.05, 3.63) is 29.8 Å². The number of hydrogen-bond donors (Lipinski definition) is 3. The fraction of sp³-hybridized carbons (Fsp3) is 0.680. The lowest BCUT2D eigenvalue weighted by Crippen LogP contribution is -2.49. The molecule has 0 radical (unpaired) electrons. The van der Waals surface area contributed by atoms with E-state index in [-0.39, 0.29) is 5.56 Å². The van der Waals surface area contributed by atoms with Crippen molar-refractivity contribution in [2.45, 2.75) is 64.3 Å². The normalized spacial score (nSPS) is 30.3. The van der Waals surface area contributed by atoms with E-state index in [1.54, 1.807) is 31.4 Å². The zero-order valence-electron chi connectivity index (χ0n) is 18.9. The first kappa shape index (κ1) is 22.1. The summed E-state index contributed by atoms with van der Waals surface area (Å²) in [6.45, 7) is 3.64. The fourth-order valence-corrected chi connectivity index (χ4v) is 6.83. The second-order valence-corrected chi connectivity index (χ2v) is 10.3. The van der Waals surface area contributed by atoms with E-state index in [0.29, 0.717) is 24.6 Å². The summed E-state index contributed by atoms with van der Waals surface area (Å²) in [4.78, 5) is 15.9. The van der Waals surface area contributed by atoms with Gasteiger partial charge in [-0.1, -0.05) is 0 Å². The van der Waals surface area contributed by atoms with Crippen molar-refractivity contribution in [2.24, 2.45) is 28.2 Å². The maximum Gasteiger partial charge on any atom is 0.335 e. The second-order valence-electron chi connectivity index (χ2n) is 10.3. The summed E-state index contributed by atoms with van der Waals surface area (Å²) in [6, 6.07) is 7.15. The molecule has 1 aromatic carbocycles. The van der Waals surface area contributed by atoms with Gasteiger partial charge in [0.05, 0.1) is 5.56 Å². The average molecular weight is 428 g/mol. The molecule has 3 N–H and O–H groups in total. The molecule has 4 fully saturated rings. The number of rotatable bonds is 9. The molecule has 0 spiro atoms. The van der Waals surface area contributed by atoms with Crippen molar-refractivity contribution in [3.8, 4) is 0 Å². The number of benzene rings is 1. The smallest absolute Gasteiger partial charge is 0.335 e. The highest BCUT2D eigenvalue weighted by Crippen LogP contribution is 2.61. The number of guanidine groups is 1. The molecule has 0 unspecified atom stereocenters. The number of ether oxygens (including phenoxy) is 1. The zero-order chi connectivity index (χ0) is 21.8. The first-order chi connectivity index (χ1) is 14.9. The highest BCUT2D eigenvalue weighted by atomic mass is 16.5. The minimum atomic E-state index is -0.915.